The van der Waals surface area contributed by atoms with E-state index in [-0.39, 0.29) is 0 Å². The van der Waals surface area contributed by atoms with Crippen LogP contribution in [0, 0.1) is 0 Å². The first-order valence-corrected chi connectivity index (χ1v) is 3.75. The van der Waals surface area contributed by atoms with Crippen molar-refractivity contribution in [2.24, 2.45) is 0 Å². The fraction of sp³-hybridized carbons (Fsp3) is 0.375. The van der Waals surface area contributed by atoms with Crippen LogP contribution in [0.15, 0.2) is 24.4 Å². The van der Waals surface area contributed by atoms with E-state index < -0.39 is 0 Å². The smallest absolute Gasteiger partial charge is 0.187 e. The number of halogens is 1. The Labute approximate surface area is 66.3 Å². The van der Waals surface area contributed by atoms with Gasteiger partial charge in [-0.25, -0.2) is 0 Å². The second-order valence-corrected chi connectivity index (χ2v) is 2.91. The fourth-order valence-corrected chi connectivity index (χ4v) is 1.18. The van der Waals surface area contributed by atoms with Gasteiger partial charge in [0, 0.05) is 12.1 Å². The van der Waals surface area contributed by atoms with Crippen LogP contribution in [0.5, 0.6) is 0 Å². The first kappa shape index (κ1) is 7.55. The summed E-state index contributed by atoms with van der Waals surface area (Å²) in [6, 6.07) is 6.24. The number of nitrogens with zero attached hydrogens (tertiary/aromatic N) is 1. The van der Waals surface area contributed by atoms with Crippen molar-refractivity contribution < 1.29 is 4.57 Å². The Morgan fingerprint density at radius 1 is 1.40 bits per heavy atom. The Balaban J connectivity index is 3.03. The van der Waals surface area contributed by atoms with E-state index in [2.05, 4.69) is 13.8 Å². The van der Waals surface area contributed by atoms with Crippen LogP contribution in [0.4, 0.5) is 0 Å². The first-order valence-electron chi connectivity index (χ1n) is 3.37. The second-order valence-electron chi connectivity index (χ2n) is 2.52. The lowest BCUT2D eigenvalue weighted by molar-refractivity contribution is -0.714. The summed E-state index contributed by atoms with van der Waals surface area (Å²) in [4.78, 5) is 0. The van der Waals surface area contributed by atoms with Crippen LogP contribution in [0.2, 0.25) is 5.15 Å². The molecule has 1 aromatic heterocycles. The van der Waals surface area contributed by atoms with Gasteiger partial charge in [0.25, 0.3) is 5.15 Å². The van der Waals surface area contributed by atoms with E-state index >= 15 is 0 Å². The van der Waals surface area contributed by atoms with Crippen molar-refractivity contribution in [2.75, 3.05) is 0 Å². The molecular formula is C8H11ClN+. The molecule has 0 aliphatic carbocycles. The third-order valence-electron chi connectivity index (χ3n) is 1.39. The molecule has 0 unspecified atom stereocenters. The van der Waals surface area contributed by atoms with Crippen LogP contribution >= 0.6 is 11.6 Å². The molecule has 0 atom stereocenters. The zero-order valence-corrected chi connectivity index (χ0v) is 6.97. The van der Waals surface area contributed by atoms with Gasteiger partial charge in [0.05, 0.1) is 0 Å². The molecule has 54 valence electrons. The highest BCUT2D eigenvalue weighted by Gasteiger charge is 2.08. The van der Waals surface area contributed by atoms with Gasteiger partial charge in [-0.05, 0) is 31.5 Å². The number of hydrogen-bond donors (Lipinski definition) is 0. The predicted molar refractivity (Wildman–Crippen MR) is 42.0 cm³/mol. The molecule has 0 spiro atoms. The lowest BCUT2D eigenvalue weighted by atomic mass is 10.3. The molecule has 0 radical (unpaired) electrons. The molecule has 0 fully saturated rings. The van der Waals surface area contributed by atoms with Gasteiger partial charge in [0.1, 0.15) is 0 Å². The maximum Gasteiger partial charge on any atom is 0.275 e. The predicted octanol–water partition coefficient (Wildman–Crippen LogP) is 2.21. The standard InChI is InChI=1S/C8H11ClN/c1-7(2)10-6-4-3-5-8(10)9/h3-7H,1-2H3/q+1. The van der Waals surface area contributed by atoms with E-state index in [0.29, 0.717) is 6.04 Å². The molecule has 0 aliphatic rings. The largest absolute Gasteiger partial charge is 0.275 e. The van der Waals surface area contributed by atoms with Crippen molar-refractivity contribution in [3.05, 3.63) is 29.5 Å². The molecule has 0 aliphatic heterocycles. The number of pyridine rings is 1. The van der Waals surface area contributed by atoms with E-state index in [1.165, 1.54) is 0 Å². The molecule has 0 aromatic carbocycles. The minimum Gasteiger partial charge on any atom is -0.187 e. The Morgan fingerprint density at radius 3 is 2.50 bits per heavy atom. The molecule has 10 heavy (non-hydrogen) atoms. The van der Waals surface area contributed by atoms with E-state index in [1.54, 1.807) is 0 Å². The molecule has 0 bridgehead atoms. The summed E-state index contributed by atoms with van der Waals surface area (Å²) in [7, 11) is 0. The molecule has 1 heterocycles. The summed E-state index contributed by atoms with van der Waals surface area (Å²) in [6.45, 7) is 4.21. The fourth-order valence-electron chi connectivity index (χ4n) is 0.853. The van der Waals surface area contributed by atoms with Crippen molar-refractivity contribution in [1.82, 2.24) is 0 Å². The molecule has 1 rings (SSSR count). The van der Waals surface area contributed by atoms with Crippen molar-refractivity contribution in [1.29, 1.82) is 0 Å². The normalized spacial score (nSPS) is 10.4. The van der Waals surface area contributed by atoms with Gasteiger partial charge in [0.15, 0.2) is 12.2 Å². The minimum atomic E-state index is 0.439. The number of rotatable bonds is 1. The molecule has 1 nitrogen and oxygen atoms in total. The van der Waals surface area contributed by atoms with Crippen LogP contribution in [0.1, 0.15) is 19.9 Å². The third-order valence-corrected chi connectivity index (χ3v) is 1.72. The summed E-state index contributed by atoms with van der Waals surface area (Å²) in [5.41, 5.74) is 0. The van der Waals surface area contributed by atoms with Crippen molar-refractivity contribution in [2.45, 2.75) is 19.9 Å². The van der Waals surface area contributed by atoms with Crippen LogP contribution < -0.4 is 4.57 Å². The second kappa shape index (κ2) is 3.02. The van der Waals surface area contributed by atoms with Gasteiger partial charge >= 0.3 is 0 Å². The average molecular weight is 157 g/mol. The van der Waals surface area contributed by atoms with E-state index in [1.807, 2.05) is 29.0 Å². The Morgan fingerprint density at radius 2 is 2.10 bits per heavy atom. The molecule has 1 aromatic rings. The van der Waals surface area contributed by atoms with Gasteiger partial charge in [-0.15, -0.1) is 0 Å². The Kier molecular flexibility index (Phi) is 2.28. The van der Waals surface area contributed by atoms with Crippen molar-refractivity contribution in [3.63, 3.8) is 0 Å². The topological polar surface area (TPSA) is 3.88 Å². The van der Waals surface area contributed by atoms with Gasteiger partial charge in [-0.2, -0.15) is 4.57 Å². The lowest BCUT2D eigenvalue weighted by Crippen LogP contribution is -2.36. The first-order chi connectivity index (χ1) is 4.72. The summed E-state index contributed by atoms with van der Waals surface area (Å²) < 4.78 is 2.02. The summed E-state index contributed by atoms with van der Waals surface area (Å²) in [5.74, 6) is 0. The number of aromatic nitrogens is 1. The van der Waals surface area contributed by atoms with E-state index in [4.69, 9.17) is 11.6 Å². The molecule has 2 heteroatoms. The van der Waals surface area contributed by atoms with Crippen LogP contribution in [0.3, 0.4) is 0 Å². The van der Waals surface area contributed by atoms with Crippen LogP contribution in [-0.2, 0) is 0 Å². The zero-order valence-electron chi connectivity index (χ0n) is 6.21. The van der Waals surface area contributed by atoms with Crippen LogP contribution in [0.25, 0.3) is 0 Å². The molecular weight excluding hydrogens is 146 g/mol. The van der Waals surface area contributed by atoms with Crippen molar-refractivity contribution in [3.8, 4) is 0 Å². The minimum absolute atomic E-state index is 0.439. The highest BCUT2D eigenvalue weighted by molar-refractivity contribution is 6.28. The van der Waals surface area contributed by atoms with Gasteiger partial charge in [0.2, 0.25) is 0 Å². The highest BCUT2D eigenvalue weighted by Crippen LogP contribution is 2.02. The molecule has 0 amide bonds. The van der Waals surface area contributed by atoms with Gasteiger partial charge < -0.3 is 0 Å². The highest BCUT2D eigenvalue weighted by atomic mass is 35.5. The lowest BCUT2D eigenvalue weighted by Gasteiger charge is -1.99. The quantitative estimate of drug-likeness (QED) is 0.434. The molecule has 0 N–H and O–H groups in total. The monoisotopic (exact) mass is 156 g/mol. The van der Waals surface area contributed by atoms with Crippen LogP contribution in [-0.4, -0.2) is 0 Å². The van der Waals surface area contributed by atoms with Gasteiger partial charge in [-0.1, -0.05) is 0 Å². The average Bonchev–Trinajstić information content (AvgIpc) is 1.88. The SMILES string of the molecule is CC(C)[n+]1ccccc1Cl. The Bertz CT molecular complexity index is 220. The molecule has 0 saturated carbocycles. The summed E-state index contributed by atoms with van der Waals surface area (Å²) in [5, 5.41) is 0.789. The maximum atomic E-state index is 5.88. The maximum absolute atomic E-state index is 5.88. The van der Waals surface area contributed by atoms with Crippen molar-refractivity contribution >= 4 is 11.6 Å². The zero-order chi connectivity index (χ0) is 7.56. The van der Waals surface area contributed by atoms with E-state index in [0.717, 1.165) is 5.15 Å². The summed E-state index contributed by atoms with van der Waals surface area (Å²) in [6.07, 6.45) is 1.98. The van der Waals surface area contributed by atoms with E-state index in [9.17, 15) is 0 Å². The summed E-state index contributed by atoms with van der Waals surface area (Å²) >= 11 is 5.88. The molecule has 0 saturated heterocycles. The third kappa shape index (κ3) is 1.48. The van der Waals surface area contributed by atoms with Gasteiger partial charge in [-0.3, -0.25) is 0 Å². The number of hydrogen-bond acceptors (Lipinski definition) is 0. The Hall–Kier alpha value is -0.560.